The van der Waals surface area contributed by atoms with E-state index in [4.69, 9.17) is 0 Å². The Morgan fingerprint density at radius 3 is 1.54 bits per heavy atom. The summed E-state index contributed by atoms with van der Waals surface area (Å²) in [5.74, 6) is 0.662. The van der Waals surface area contributed by atoms with Crippen LogP contribution in [0.2, 0.25) is 0 Å². The van der Waals surface area contributed by atoms with Gasteiger partial charge in [-0.05, 0) is 123 Å². The van der Waals surface area contributed by atoms with E-state index in [1.165, 1.54) is 125 Å². The molecule has 48 heavy (non-hydrogen) atoms. The van der Waals surface area contributed by atoms with Gasteiger partial charge in [0, 0.05) is 0 Å². The van der Waals surface area contributed by atoms with E-state index in [1.807, 2.05) is 0 Å². The summed E-state index contributed by atoms with van der Waals surface area (Å²) in [6.45, 7) is 0. The molecule has 0 nitrogen and oxygen atoms in total. The van der Waals surface area contributed by atoms with Crippen LogP contribution in [0.25, 0.3) is 86.9 Å². The van der Waals surface area contributed by atoms with Crippen molar-refractivity contribution in [1.29, 1.82) is 0 Å². The zero-order valence-corrected chi connectivity index (χ0v) is 27.0. The maximum atomic E-state index is 2.56. The van der Waals surface area contributed by atoms with Crippen LogP contribution in [0.3, 0.4) is 0 Å². The first-order valence-electron chi connectivity index (χ1n) is 17.6. The number of fused-ring (bicyclic) bond motifs is 10. The lowest BCUT2D eigenvalue weighted by Gasteiger charge is -2.23. The molecule has 1 aliphatic rings. The lowest BCUT2D eigenvalue weighted by molar-refractivity contribution is 0.444. The summed E-state index contributed by atoms with van der Waals surface area (Å²) in [4.78, 5) is 0. The first-order chi connectivity index (χ1) is 23.8. The molecule has 0 spiro atoms. The molecule has 0 atom stereocenters. The van der Waals surface area contributed by atoms with Crippen LogP contribution < -0.4 is 0 Å². The van der Waals surface area contributed by atoms with Crippen molar-refractivity contribution in [2.75, 3.05) is 0 Å². The minimum Gasteiger partial charge on any atom is -0.0622 e. The molecule has 9 aromatic carbocycles. The number of benzene rings is 9. The fraction of sp³-hybridized carbons (Fsp3) is 0.125. The van der Waals surface area contributed by atoms with Crippen LogP contribution in [0.15, 0.2) is 152 Å². The molecule has 1 aliphatic carbocycles. The van der Waals surface area contributed by atoms with Gasteiger partial charge >= 0.3 is 0 Å². The van der Waals surface area contributed by atoms with Crippen LogP contribution in [0.5, 0.6) is 0 Å². The predicted molar refractivity (Wildman–Crippen MR) is 208 cm³/mol. The molecule has 10 rings (SSSR count). The Balaban J connectivity index is 1.44. The molecule has 0 aromatic heterocycles. The molecule has 228 valence electrons. The molecule has 0 aliphatic heterocycles. The zero-order valence-electron chi connectivity index (χ0n) is 27.0. The van der Waals surface area contributed by atoms with E-state index in [0.29, 0.717) is 5.92 Å². The number of hydrogen-bond donors (Lipinski definition) is 0. The van der Waals surface area contributed by atoms with E-state index in [9.17, 15) is 0 Å². The average Bonchev–Trinajstić information content (AvgIpc) is 3.17. The van der Waals surface area contributed by atoms with Gasteiger partial charge in [-0.25, -0.2) is 0 Å². The minimum atomic E-state index is 0.662. The molecule has 0 heterocycles. The highest BCUT2D eigenvalue weighted by Gasteiger charge is 2.21. The second-order valence-electron chi connectivity index (χ2n) is 13.8. The zero-order chi connectivity index (χ0) is 31.6. The maximum absolute atomic E-state index is 2.56. The molecular formula is C48H36. The molecule has 1 fully saturated rings. The van der Waals surface area contributed by atoms with Crippen LogP contribution in [0.1, 0.15) is 43.6 Å². The molecule has 9 aromatic rings. The van der Waals surface area contributed by atoms with E-state index in [1.54, 1.807) is 0 Å². The fourth-order valence-electron chi connectivity index (χ4n) is 8.98. The van der Waals surface area contributed by atoms with Gasteiger partial charge in [0.1, 0.15) is 0 Å². The van der Waals surface area contributed by atoms with Crippen molar-refractivity contribution in [2.45, 2.75) is 38.0 Å². The van der Waals surface area contributed by atoms with Gasteiger partial charge in [-0.1, -0.05) is 159 Å². The van der Waals surface area contributed by atoms with E-state index >= 15 is 0 Å². The third-order valence-corrected chi connectivity index (χ3v) is 11.2. The van der Waals surface area contributed by atoms with Crippen molar-refractivity contribution in [3.63, 3.8) is 0 Å². The molecule has 0 bridgehead atoms. The minimum absolute atomic E-state index is 0.662. The number of hydrogen-bond acceptors (Lipinski definition) is 0. The third kappa shape index (κ3) is 4.22. The van der Waals surface area contributed by atoms with Crippen LogP contribution >= 0.6 is 0 Å². The van der Waals surface area contributed by atoms with Crippen LogP contribution in [0, 0.1) is 0 Å². The van der Waals surface area contributed by atoms with Gasteiger partial charge in [-0.2, -0.15) is 0 Å². The Morgan fingerprint density at radius 2 is 0.875 bits per heavy atom. The van der Waals surface area contributed by atoms with Gasteiger partial charge in [0.2, 0.25) is 0 Å². The fourth-order valence-corrected chi connectivity index (χ4v) is 8.98. The van der Waals surface area contributed by atoms with Crippen molar-refractivity contribution in [1.82, 2.24) is 0 Å². The summed E-state index contributed by atoms with van der Waals surface area (Å²) < 4.78 is 0. The maximum Gasteiger partial charge on any atom is -0.00201 e. The normalized spacial score (nSPS) is 14.2. The first kappa shape index (κ1) is 27.6. The summed E-state index contributed by atoms with van der Waals surface area (Å²) in [6.07, 6.45) is 6.68. The molecule has 0 unspecified atom stereocenters. The van der Waals surface area contributed by atoms with Gasteiger partial charge < -0.3 is 0 Å². The second-order valence-corrected chi connectivity index (χ2v) is 13.8. The van der Waals surface area contributed by atoms with Gasteiger partial charge in [0.05, 0.1) is 0 Å². The van der Waals surface area contributed by atoms with Crippen molar-refractivity contribution >= 4 is 64.6 Å². The van der Waals surface area contributed by atoms with Gasteiger partial charge in [0.25, 0.3) is 0 Å². The lowest BCUT2D eigenvalue weighted by Crippen LogP contribution is -2.04. The van der Waals surface area contributed by atoms with Crippen LogP contribution in [0.4, 0.5) is 0 Å². The summed E-state index contributed by atoms with van der Waals surface area (Å²) in [7, 11) is 0. The standard InChI is InChI=1S/C48H36/c1-4-14-31(15-5-1)35-25-26-37-41(28-35)40-27-24-32-16-10-11-21-36(32)48(40)43-30-45-44(29-42(37)43)46(33-17-6-2-7-18-33)38-22-12-13-23-39(38)47(45)34-19-8-3-9-20-34/h2-3,6-13,16-31H,1,4-5,14-15H2. The quantitative estimate of drug-likeness (QED) is 0.138. The molecule has 1 saturated carbocycles. The Bertz CT molecular complexity index is 2680. The highest BCUT2D eigenvalue weighted by Crippen LogP contribution is 2.48. The highest BCUT2D eigenvalue weighted by molar-refractivity contribution is 6.35. The number of rotatable bonds is 3. The Kier molecular flexibility index (Phi) is 6.37. The van der Waals surface area contributed by atoms with E-state index in [2.05, 4.69) is 152 Å². The van der Waals surface area contributed by atoms with Crippen molar-refractivity contribution < 1.29 is 0 Å². The molecule has 0 amide bonds. The molecular weight excluding hydrogens is 577 g/mol. The molecule has 0 N–H and O–H groups in total. The van der Waals surface area contributed by atoms with Crippen LogP contribution in [-0.2, 0) is 0 Å². The van der Waals surface area contributed by atoms with E-state index in [0.717, 1.165) is 0 Å². The molecule has 0 radical (unpaired) electrons. The monoisotopic (exact) mass is 612 g/mol. The lowest BCUT2D eigenvalue weighted by atomic mass is 9.81. The second kappa shape index (κ2) is 11.1. The van der Waals surface area contributed by atoms with Gasteiger partial charge in [0.15, 0.2) is 0 Å². The van der Waals surface area contributed by atoms with Crippen molar-refractivity contribution in [2.24, 2.45) is 0 Å². The van der Waals surface area contributed by atoms with Crippen molar-refractivity contribution in [3.8, 4) is 22.3 Å². The summed E-state index contributed by atoms with van der Waals surface area (Å²) in [5.41, 5.74) is 6.65. The van der Waals surface area contributed by atoms with Gasteiger partial charge in [-0.3, -0.25) is 0 Å². The SMILES string of the molecule is c1ccc(-c2c3ccccc3c(-c3ccccc3)c3cc4c(cc23)c2ccc(C3CCCCC3)cc2c2ccc3ccccc3c24)cc1. The van der Waals surface area contributed by atoms with Crippen molar-refractivity contribution in [3.05, 3.63) is 157 Å². The average molecular weight is 613 g/mol. The third-order valence-electron chi connectivity index (χ3n) is 11.2. The highest BCUT2D eigenvalue weighted by atomic mass is 14.2. The Morgan fingerprint density at radius 1 is 0.333 bits per heavy atom. The summed E-state index contributed by atoms with van der Waals surface area (Å²) in [6, 6.07) is 57.2. The smallest absolute Gasteiger partial charge is 0.00201 e. The van der Waals surface area contributed by atoms with Gasteiger partial charge in [-0.15, -0.1) is 0 Å². The van der Waals surface area contributed by atoms with E-state index in [-0.39, 0.29) is 0 Å². The molecule has 0 heteroatoms. The topological polar surface area (TPSA) is 0 Å². The van der Waals surface area contributed by atoms with Crippen LogP contribution in [-0.4, -0.2) is 0 Å². The largest absolute Gasteiger partial charge is 0.0622 e. The molecule has 0 saturated heterocycles. The summed E-state index contributed by atoms with van der Waals surface area (Å²) >= 11 is 0. The summed E-state index contributed by atoms with van der Waals surface area (Å²) in [5, 5.41) is 16.0. The Labute approximate surface area is 281 Å². The predicted octanol–water partition coefficient (Wildman–Crippen LogP) is 14.0. The Hall–Kier alpha value is -5.46. The first-order valence-corrected chi connectivity index (χ1v) is 17.6. The van der Waals surface area contributed by atoms with E-state index < -0.39 is 0 Å².